The van der Waals surface area contributed by atoms with Crippen LogP contribution in [0, 0.1) is 0 Å². The van der Waals surface area contributed by atoms with E-state index in [0.29, 0.717) is 0 Å². The van der Waals surface area contributed by atoms with Gasteiger partial charge in [-0.25, -0.2) is 5.84 Å². The molecule has 0 aliphatic heterocycles. The Hall–Kier alpha value is -1.04. The van der Waals surface area contributed by atoms with Crippen molar-refractivity contribution < 1.29 is 4.79 Å². The van der Waals surface area contributed by atoms with Crippen LogP contribution in [0.2, 0.25) is 0 Å². The number of benzene rings is 1. The number of thioether (sulfide) groups is 1. The Kier molecular flexibility index (Phi) is 5.47. The quantitative estimate of drug-likeness (QED) is 0.361. The summed E-state index contributed by atoms with van der Waals surface area (Å²) in [4.78, 5) is 12.6. The van der Waals surface area contributed by atoms with E-state index in [-0.39, 0.29) is 18.4 Å². The van der Waals surface area contributed by atoms with Crippen molar-refractivity contribution in [3.8, 4) is 0 Å². The smallest absolute Gasteiger partial charge is 0.238 e. The summed E-state index contributed by atoms with van der Waals surface area (Å²) >= 11 is 1.78. The van der Waals surface area contributed by atoms with Crippen molar-refractivity contribution >= 4 is 17.7 Å². The van der Waals surface area contributed by atoms with Crippen molar-refractivity contribution in [1.82, 2.24) is 5.01 Å². The fourth-order valence-corrected chi connectivity index (χ4v) is 2.09. The summed E-state index contributed by atoms with van der Waals surface area (Å²) in [5.74, 6) is 6.23. The number of carbonyl (C=O) groups is 1. The van der Waals surface area contributed by atoms with Crippen LogP contribution in [0.4, 0.5) is 0 Å². The minimum atomic E-state index is -0.297. The van der Waals surface area contributed by atoms with Crippen LogP contribution in [0.25, 0.3) is 0 Å². The van der Waals surface area contributed by atoms with Gasteiger partial charge in [0.15, 0.2) is 0 Å². The standard InChI is InChI=1S/C12H19N3OS/c1-3-17-10-6-4-9(5-7-10)11(13)8-12(16)15(2)14/h4-7,11H,3,8,13-14H2,1-2H3. The van der Waals surface area contributed by atoms with Gasteiger partial charge in [-0.15, -0.1) is 11.8 Å². The lowest BCUT2D eigenvalue weighted by Gasteiger charge is -2.15. The van der Waals surface area contributed by atoms with E-state index < -0.39 is 0 Å². The number of rotatable bonds is 5. The van der Waals surface area contributed by atoms with Crippen molar-refractivity contribution in [2.45, 2.75) is 24.3 Å². The van der Waals surface area contributed by atoms with Gasteiger partial charge in [-0.3, -0.25) is 9.80 Å². The summed E-state index contributed by atoms with van der Waals surface area (Å²) in [6.45, 7) is 2.11. The van der Waals surface area contributed by atoms with E-state index in [9.17, 15) is 4.79 Å². The third kappa shape index (κ3) is 4.38. The van der Waals surface area contributed by atoms with Gasteiger partial charge in [-0.05, 0) is 23.4 Å². The Labute approximate surface area is 106 Å². The molecule has 5 heteroatoms. The second-order valence-electron chi connectivity index (χ2n) is 3.82. The molecule has 94 valence electrons. The summed E-state index contributed by atoms with van der Waals surface area (Å²) in [5.41, 5.74) is 6.91. The highest BCUT2D eigenvalue weighted by molar-refractivity contribution is 7.99. The molecule has 1 unspecified atom stereocenters. The van der Waals surface area contributed by atoms with Crippen LogP contribution in [0.5, 0.6) is 0 Å². The predicted octanol–water partition coefficient (Wildman–Crippen LogP) is 1.52. The SMILES string of the molecule is CCSc1ccc(C(N)CC(=O)N(C)N)cc1. The Bertz CT molecular complexity index is 365. The van der Waals surface area contributed by atoms with Crippen LogP contribution in [-0.2, 0) is 4.79 Å². The van der Waals surface area contributed by atoms with Crippen molar-refractivity contribution in [3.05, 3.63) is 29.8 Å². The summed E-state index contributed by atoms with van der Waals surface area (Å²) in [6.07, 6.45) is 0.229. The molecule has 0 aliphatic rings. The van der Waals surface area contributed by atoms with Crippen molar-refractivity contribution in [3.63, 3.8) is 0 Å². The van der Waals surface area contributed by atoms with E-state index in [1.807, 2.05) is 24.3 Å². The van der Waals surface area contributed by atoms with Gasteiger partial charge in [-0.2, -0.15) is 0 Å². The highest BCUT2D eigenvalue weighted by Gasteiger charge is 2.13. The third-order valence-electron chi connectivity index (χ3n) is 2.41. The maximum absolute atomic E-state index is 11.4. The average molecular weight is 253 g/mol. The summed E-state index contributed by atoms with van der Waals surface area (Å²) in [6, 6.07) is 7.69. The van der Waals surface area contributed by atoms with Gasteiger partial charge >= 0.3 is 0 Å². The van der Waals surface area contributed by atoms with Gasteiger partial charge in [0.2, 0.25) is 5.91 Å². The number of carbonyl (C=O) groups excluding carboxylic acids is 1. The molecule has 0 saturated carbocycles. The Morgan fingerprint density at radius 3 is 2.47 bits per heavy atom. The second-order valence-corrected chi connectivity index (χ2v) is 5.15. The summed E-state index contributed by atoms with van der Waals surface area (Å²) in [5, 5.41) is 1.07. The van der Waals surface area contributed by atoms with Gasteiger partial charge in [-0.1, -0.05) is 19.1 Å². The number of hydrogen-bond donors (Lipinski definition) is 2. The van der Waals surface area contributed by atoms with Gasteiger partial charge < -0.3 is 5.73 Å². The molecule has 0 spiro atoms. The monoisotopic (exact) mass is 253 g/mol. The largest absolute Gasteiger partial charge is 0.324 e. The Morgan fingerprint density at radius 2 is 2.00 bits per heavy atom. The predicted molar refractivity (Wildman–Crippen MR) is 71.3 cm³/mol. The highest BCUT2D eigenvalue weighted by atomic mass is 32.2. The number of hydrazine groups is 1. The zero-order valence-corrected chi connectivity index (χ0v) is 11.0. The molecule has 0 fully saturated rings. The maximum Gasteiger partial charge on any atom is 0.238 e. The third-order valence-corrected chi connectivity index (χ3v) is 3.30. The second kappa shape index (κ2) is 6.64. The molecule has 4 N–H and O–H groups in total. The highest BCUT2D eigenvalue weighted by Crippen LogP contribution is 2.21. The van der Waals surface area contributed by atoms with Crippen molar-refractivity contribution in [2.24, 2.45) is 11.6 Å². The molecule has 4 nitrogen and oxygen atoms in total. The van der Waals surface area contributed by atoms with E-state index in [1.165, 1.54) is 11.9 Å². The molecule has 0 bridgehead atoms. The first kappa shape index (κ1) is 14.0. The van der Waals surface area contributed by atoms with Crippen LogP contribution < -0.4 is 11.6 Å². The Balaban J connectivity index is 2.63. The lowest BCUT2D eigenvalue weighted by atomic mass is 10.0. The van der Waals surface area contributed by atoms with E-state index in [4.69, 9.17) is 11.6 Å². The fourth-order valence-electron chi connectivity index (χ4n) is 1.43. The van der Waals surface area contributed by atoms with E-state index in [2.05, 4.69) is 6.92 Å². The van der Waals surface area contributed by atoms with Gasteiger partial charge in [0.25, 0.3) is 0 Å². The minimum Gasteiger partial charge on any atom is -0.324 e. The molecule has 17 heavy (non-hydrogen) atoms. The normalized spacial score (nSPS) is 12.2. The first-order valence-electron chi connectivity index (χ1n) is 5.54. The zero-order valence-electron chi connectivity index (χ0n) is 10.2. The number of nitrogens with two attached hydrogens (primary N) is 2. The maximum atomic E-state index is 11.4. The van der Waals surface area contributed by atoms with Crippen molar-refractivity contribution in [2.75, 3.05) is 12.8 Å². The molecule has 1 aromatic carbocycles. The molecule has 0 heterocycles. The van der Waals surface area contributed by atoms with Crippen LogP contribution in [-0.4, -0.2) is 23.7 Å². The minimum absolute atomic E-state index is 0.162. The lowest BCUT2D eigenvalue weighted by Crippen LogP contribution is -2.35. The fraction of sp³-hybridized carbons (Fsp3) is 0.417. The van der Waals surface area contributed by atoms with Gasteiger partial charge in [0.1, 0.15) is 0 Å². The van der Waals surface area contributed by atoms with Crippen LogP contribution >= 0.6 is 11.8 Å². The number of nitrogens with zero attached hydrogens (tertiary/aromatic N) is 1. The molecule has 1 atom stereocenters. The van der Waals surface area contributed by atoms with Crippen molar-refractivity contribution in [1.29, 1.82) is 0 Å². The number of amides is 1. The van der Waals surface area contributed by atoms with Gasteiger partial charge in [0, 0.05) is 24.4 Å². The average Bonchev–Trinajstić information content (AvgIpc) is 2.30. The number of hydrogen-bond acceptors (Lipinski definition) is 4. The van der Waals surface area contributed by atoms with Crippen LogP contribution in [0.3, 0.4) is 0 Å². The van der Waals surface area contributed by atoms with Crippen LogP contribution in [0.1, 0.15) is 24.9 Å². The molecule has 1 aromatic rings. The molecule has 1 amide bonds. The van der Waals surface area contributed by atoms with E-state index >= 15 is 0 Å². The van der Waals surface area contributed by atoms with E-state index in [0.717, 1.165) is 16.3 Å². The zero-order chi connectivity index (χ0) is 12.8. The first-order chi connectivity index (χ1) is 8.04. The van der Waals surface area contributed by atoms with Crippen LogP contribution in [0.15, 0.2) is 29.2 Å². The van der Waals surface area contributed by atoms with E-state index in [1.54, 1.807) is 11.8 Å². The topological polar surface area (TPSA) is 72.4 Å². The first-order valence-corrected chi connectivity index (χ1v) is 6.52. The summed E-state index contributed by atoms with van der Waals surface area (Å²) < 4.78 is 0. The Morgan fingerprint density at radius 1 is 1.41 bits per heavy atom. The molecule has 0 saturated heterocycles. The summed E-state index contributed by atoms with van der Waals surface area (Å²) in [7, 11) is 1.52. The van der Waals surface area contributed by atoms with Gasteiger partial charge in [0.05, 0.1) is 0 Å². The molecular formula is C12H19N3OS. The molecule has 0 aromatic heterocycles. The lowest BCUT2D eigenvalue weighted by molar-refractivity contribution is -0.130. The molecule has 0 aliphatic carbocycles. The molecule has 0 radical (unpaired) electrons. The molecular weight excluding hydrogens is 234 g/mol. The molecule has 1 rings (SSSR count).